The maximum Gasteiger partial charge on any atom is 0.333 e. The molecule has 2 saturated carbocycles. The van der Waals surface area contributed by atoms with Gasteiger partial charge in [0, 0.05) is 16.6 Å². The van der Waals surface area contributed by atoms with Crippen LogP contribution in [0.3, 0.4) is 0 Å². The summed E-state index contributed by atoms with van der Waals surface area (Å²) in [5, 5.41) is 21.0. The van der Waals surface area contributed by atoms with E-state index in [4.69, 9.17) is 9.47 Å². The zero-order chi connectivity index (χ0) is 20.2. The number of hydrogen-bond donors (Lipinski definition) is 2. The van der Waals surface area contributed by atoms with E-state index in [0.717, 1.165) is 32.1 Å². The van der Waals surface area contributed by atoms with Crippen LogP contribution in [0.15, 0.2) is 24.3 Å². The number of esters is 2. The molecule has 2 rings (SSSR count). The summed E-state index contributed by atoms with van der Waals surface area (Å²) in [4.78, 5) is 24.8. The summed E-state index contributed by atoms with van der Waals surface area (Å²) in [7, 11) is 0. The van der Waals surface area contributed by atoms with Crippen LogP contribution in [0.4, 0.5) is 0 Å². The van der Waals surface area contributed by atoms with Gasteiger partial charge in [-0.15, -0.1) is 0 Å². The van der Waals surface area contributed by atoms with Crippen LogP contribution in [0, 0.1) is 11.3 Å². The molecule has 6 nitrogen and oxygen atoms in total. The average molecular weight is 380 g/mol. The third-order valence-electron chi connectivity index (χ3n) is 6.33. The Kier molecular flexibility index (Phi) is 6.87. The summed E-state index contributed by atoms with van der Waals surface area (Å²) in [6.45, 7) is 9.55. The number of aliphatic hydroxyl groups is 2. The molecule has 0 amide bonds. The Hall–Kier alpha value is -1.66. The molecule has 4 atom stereocenters. The predicted octanol–water partition coefficient (Wildman–Crippen LogP) is 2.68. The molecule has 0 bridgehead atoms. The van der Waals surface area contributed by atoms with Crippen LogP contribution in [0.1, 0.15) is 58.8 Å². The summed E-state index contributed by atoms with van der Waals surface area (Å²) in [5.74, 6) is -1.17. The Balaban J connectivity index is 2.59. The number of carbonyl (C=O) groups is 2. The molecule has 0 radical (unpaired) electrons. The Morgan fingerprint density at radius 3 is 2.15 bits per heavy atom. The number of carbonyl (C=O) groups excluding carboxylic acids is 2. The molecule has 0 heterocycles. The van der Waals surface area contributed by atoms with E-state index in [1.165, 1.54) is 6.92 Å². The largest absolute Gasteiger partial charge is 0.455 e. The second-order valence-corrected chi connectivity index (χ2v) is 8.08. The van der Waals surface area contributed by atoms with Gasteiger partial charge < -0.3 is 19.7 Å². The molecule has 0 aromatic carbocycles. The minimum Gasteiger partial charge on any atom is -0.455 e. The second-order valence-electron chi connectivity index (χ2n) is 8.08. The molecule has 0 aromatic rings. The van der Waals surface area contributed by atoms with Crippen LogP contribution in [0.2, 0.25) is 0 Å². The molecule has 0 aliphatic heterocycles. The molecule has 0 spiro atoms. The summed E-state index contributed by atoms with van der Waals surface area (Å²) >= 11 is 0. The first-order chi connectivity index (χ1) is 12.7. The van der Waals surface area contributed by atoms with E-state index < -0.39 is 35.7 Å². The van der Waals surface area contributed by atoms with Crippen LogP contribution in [0.25, 0.3) is 0 Å². The Bertz CT molecular complexity index is 612. The van der Waals surface area contributed by atoms with E-state index in [1.807, 2.05) is 0 Å². The summed E-state index contributed by atoms with van der Waals surface area (Å²) in [6, 6.07) is 0. The minimum absolute atomic E-state index is 0.0786. The molecular formula is C21H32O6. The zero-order valence-corrected chi connectivity index (χ0v) is 16.5. The first-order valence-corrected chi connectivity index (χ1v) is 9.71. The molecule has 2 N–H and O–H groups in total. The molecule has 2 aliphatic rings. The van der Waals surface area contributed by atoms with Crippen molar-refractivity contribution in [3.8, 4) is 0 Å². The predicted molar refractivity (Wildman–Crippen MR) is 101 cm³/mol. The van der Waals surface area contributed by atoms with Gasteiger partial charge in [-0.05, 0) is 51.9 Å². The molecule has 152 valence electrons. The Labute approximate surface area is 161 Å². The van der Waals surface area contributed by atoms with E-state index >= 15 is 0 Å². The molecule has 27 heavy (non-hydrogen) atoms. The number of hydrogen-bond acceptors (Lipinski definition) is 6. The molecule has 4 unspecified atom stereocenters. The van der Waals surface area contributed by atoms with Gasteiger partial charge in [0.2, 0.25) is 0 Å². The number of aliphatic hydroxyl groups excluding tert-OH is 2. The third-order valence-corrected chi connectivity index (χ3v) is 6.33. The van der Waals surface area contributed by atoms with Crippen molar-refractivity contribution in [1.29, 1.82) is 0 Å². The van der Waals surface area contributed by atoms with Crippen LogP contribution in [-0.4, -0.2) is 47.1 Å². The maximum absolute atomic E-state index is 12.5. The van der Waals surface area contributed by atoms with Crippen molar-refractivity contribution in [2.24, 2.45) is 11.3 Å². The topological polar surface area (TPSA) is 93.1 Å². The fraction of sp³-hybridized carbons (Fsp3) is 0.714. The van der Waals surface area contributed by atoms with Crippen LogP contribution < -0.4 is 0 Å². The molecule has 0 saturated heterocycles. The van der Waals surface area contributed by atoms with Gasteiger partial charge in [-0.25, -0.2) is 9.59 Å². The lowest BCUT2D eigenvalue weighted by Gasteiger charge is -2.55. The monoisotopic (exact) mass is 380 g/mol. The highest BCUT2D eigenvalue weighted by molar-refractivity contribution is 5.88. The quantitative estimate of drug-likeness (QED) is 0.544. The van der Waals surface area contributed by atoms with Crippen molar-refractivity contribution in [2.45, 2.75) is 70.5 Å². The lowest BCUT2D eigenvalue weighted by atomic mass is 9.56. The van der Waals surface area contributed by atoms with Crippen LogP contribution in [0.5, 0.6) is 0 Å². The van der Waals surface area contributed by atoms with E-state index in [1.54, 1.807) is 6.92 Å². The highest BCUT2D eigenvalue weighted by Crippen LogP contribution is 2.56. The van der Waals surface area contributed by atoms with Gasteiger partial charge in [0.1, 0.15) is 6.10 Å². The first kappa shape index (κ1) is 21.6. The molecular weight excluding hydrogens is 348 g/mol. The molecule has 0 aromatic heterocycles. The van der Waals surface area contributed by atoms with Gasteiger partial charge in [0.15, 0.2) is 5.60 Å². The Morgan fingerprint density at radius 2 is 1.59 bits per heavy atom. The van der Waals surface area contributed by atoms with Crippen LogP contribution in [-0.2, 0) is 19.1 Å². The van der Waals surface area contributed by atoms with Gasteiger partial charge in [-0.1, -0.05) is 26.0 Å². The SMILES string of the molecule is C=C(C)C(=O)OC1CCCC2CCCCC2(CO)C1(CO)OC(=O)C(=C)C. The van der Waals surface area contributed by atoms with Crippen LogP contribution >= 0.6 is 0 Å². The van der Waals surface area contributed by atoms with Crippen molar-refractivity contribution in [1.82, 2.24) is 0 Å². The normalized spacial score (nSPS) is 33.3. The number of fused-ring (bicyclic) bond motifs is 1. The van der Waals surface area contributed by atoms with Crippen molar-refractivity contribution in [3.63, 3.8) is 0 Å². The van der Waals surface area contributed by atoms with Gasteiger partial charge in [0.05, 0.1) is 13.2 Å². The smallest absolute Gasteiger partial charge is 0.333 e. The van der Waals surface area contributed by atoms with Crippen molar-refractivity contribution in [3.05, 3.63) is 24.3 Å². The van der Waals surface area contributed by atoms with E-state index in [0.29, 0.717) is 12.8 Å². The van der Waals surface area contributed by atoms with Gasteiger partial charge in [-0.2, -0.15) is 0 Å². The highest BCUT2D eigenvalue weighted by atomic mass is 16.6. The minimum atomic E-state index is -1.51. The molecule has 6 heteroatoms. The standard InChI is InChI=1S/C21H32O6/c1-14(2)18(24)26-17-10-7-9-16-8-5-6-11-20(16,12-22)21(17,13-23)27-19(25)15(3)4/h16-17,22-23H,1,3,5-13H2,2,4H3. The fourth-order valence-corrected chi connectivity index (χ4v) is 4.83. The second kappa shape index (κ2) is 8.57. The number of ether oxygens (including phenoxy) is 2. The van der Waals surface area contributed by atoms with E-state index in [2.05, 4.69) is 13.2 Å². The zero-order valence-electron chi connectivity index (χ0n) is 16.5. The van der Waals surface area contributed by atoms with Crippen molar-refractivity contribution >= 4 is 11.9 Å². The van der Waals surface area contributed by atoms with Gasteiger partial charge in [0.25, 0.3) is 0 Å². The Morgan fingerprint density at radius 1 is 0.963 bits per heavy atom. The lowest BCUT2D eigenvalue weighted by Crippen LogP contribution is -2.66. The van der Waals surface area contributed by atoms with E-state index in [-0.39, 0.29) is 23.7 Å². The van der Waals surface area contributed by atoms with E-state index in [9.17, 15) is 19.8 Å². The summed E-state index contributed by atoms with van der Waals surface area (Å²) in [6.07, 6.45) is 4.53. The maximum atomic E-state index is 12.5. The highest BCUT2D eigenvalue weighted by Gasteiger charge is 2.64. The van der Waals surface area contributed by atoms with Gasteiger partial charge in [-0.3, -0.25) is 0 Å². The lowest BCUT2D eigenvalue weighted by molar-refractivity contribution is -0.242. The van der Waals surface area contributed by atoms with Crippen molar-refractivity contribution < 1.29 is 29.3 Å². The summed E-state index contributed by atoms with van der Waals surface area (Å²) < 4.78 is 11.6. The molecule has 2 fully saturated rings. The summed E-state index contributed by atoms with van der Waals surface area (Å²) in [5.41, 5.74) is -1.94. The third kappa shape index (κ3) is 3.83. The van der Waals surface area contributed by atoms with Crippen molar-refractivity contribution in [2.75, 3.05) is 13.2 Å². The van der Waals surface area contributed by atoms with Gasteiger partial charge >= 0.3 is 11.9 Å². The average Bonchev–Trinajstić information content (AvgIpc) is 2.77. The molecule has 2 aliphatic carbocycles. The fourth-order valence-electron chi connectivity index (χ4n) is 4.83. The number of rotatable bonds is 6. The first-order valence-electron chi connectivity index (χ1n) is 9.71.